The number of benzene rings is 1. The molecule has 0 fully saturated rings. The minimum Gasteiger partial charge on any atom is -0.452 e. The summed E-state index contributed by atoms with van der Waals surface area (Å²) in [5, 5.41) is 10.6. The van der Waals surface area contributed by atoms with Gasteiger partial charge in [0, 0.05) is 23.4 Å². The van der Waals surface area contributed by atoms with Crippen LogP contribution >= 0.6 is 0 Å². The molecule has 0 bridgehead atoms. The smallest absolute Gasteiger partial charge is 0.414 e. The van der Waals surface area contributed by atoms with Crippen LogP contribution in [0.3, 0.4) is 0 Å². The topological polar surface area (TPSA) is 94.8 Å². The van der Waals surface area contributed by atoms with E-state index in [2.05, 4.69) is 4.98 Å². The zero-order valence-corrected chi connectivity index (χ0v) is 14.4. The van der Waals surface area contributed by atoms with Gasteiger partial charge >= 0.3 is 6.09 Å². The highest BCUT2D eigenvalue weighted by atomic mass is 16.6. The summed E-state index contributed by atoms with van der Waals surface area (Å²) < 4.78 is 10.4. The van der Waals surface area contributed by atoms with Crippen LogP contribution < -0.4 is 9.64 Å². The van der Waals surface area contributed by atoms with Crippen LogP contribution in [-0.4, -0.2) is 28.6 Å². The average Bonchev–Trinajstić information content (AvgIpc) is 2.55. The second-order valence-electron chi connectivity index (χ2n) is 6.18. The van der Waals surface area contributed by atoms with Crippen molar-refractivity contribution >= 4 is 17.5 Å². The summed E-state index contributed by atoms with van der Waals surface area (Å²) >= 11 is 0. The molecule has 25 heavy (non-hydrogen) atoms. The fraction of sp³-hybridized carbons (Fsp3) is 0.294. The number of nitro groups is 1. The molecule has 1 aromatic carbocycles. The predicted octanol–water partition coefficient (Wildman–Crippen LogP) is 4.15. The molecule has 0 saturated heterocycles. The molecule has 0 atom stereocenters. The molecular weight excluding hydrogens is 326 g/mol. The number of anilines is 1. The molecule has 0 N–H and O–H groups in total. The number of pyridine rings is 1. The fourth-order valence-corrected chi connectivity index (χ4v) is 2.18. The van der Waals surface area contributed by atoms with E-state index in [0.717, 1.165) is 6.20 Å². The zero-order valence-electron chi connectivity index (χ0n) is 14.4. The molecule has 0 unspecified atom stereocenters. The lowest BCUT2D eigenvalue weighted by molar-refractivity contribution is -0.385. The van der Waals surface area contributed by atoms with Crippen LogP contribution in [-0.2, 0) is 4.74 Å². The van der Waals surface area contributed by atoms with Crippen molar-refractivity contribution in [1.29, 1.82) is 0 Å². The summed E-state index contributed by atoms with van der Waals surface area (Å²) in [6.45, 7) is 5.69. The SMILES string of the molecule is COC(=O)N(c1ccc(Oc2ccc([N+](=O)[O-])cn2)cc1)C(C)(C)C. The van der Waals surface area contributed by atoms with Crippen LogP contribution in [0, 0.1) is 10.1 Å². The van der Waals surface area contributed by atoms with Gasteiger partial charge in [0.05, 0.1) is 12.0 Å². The van der Waals surface area contributed by atoms with Gasteiger partial charge < -0.3 is 9.47 Å². The quantitative estimate of drug-likeness (QED) is 0.610. The molecule has 0 aliphatic carbocycles. The fourth-order valence-electron chi connectivity index (χ4n) is 2.18. The van der Waals surface area contributed by atoms with Crippen LogP contribution in [0.2, 0.25) is 0 Å². The maximum Gasteiger partial charge on any atom is 0.414 e. The Morgan fingerprint density at radius 2 is 1.80 bits per heavy atom. The summed E-state index contributed by atoms with van der Waals surface area (Å²) in [5.74, 6) is 0.725. The Morgan fingerprint density at radius 3 is 2.24 bits per heavy atom. The predicted molar refractivity (Wildman–Crippen MR) is 92.0 cm³/mol. The molecule has 0 aliphatic rings. The number of rotatable bonds is 4. The Balaban J connectivity index is 2.18. The van der Waals surface area contributed by atoms with Crippen molar-refractivity contribution in [2.45, 2.75) is 26.3 Å². The van der Waals surface area contributed by atoms with Crippen molar-refractivity contribution in [3.63, 3.8) is 0 Å². The molecule has 2 rings (SSSR count). The molecule has 1 heterocycles. The lowest BCUT2D eigenvalue weighted by atomic mass is 10.1. The van der Waals surface area contributed by atoms with E-state index in [0.29, 0.717) is 11.4 Å². The zero-order chi connectivity index (χ0) is 18.6. The van der Waals surface area contributed by atoms with E-state index < -0.39 is 16.6 Å². The number of nitrogens with zero attached hydrogens (tertiary/aromatic N) is 3. The maximum atomic E-state index is 12.0. The van der Waals surface area contributed by atoms with E-state index in [-0.39, 0.29) is 11.6 Å². The van der Waals surface area contributed by atoms with E-state index in [1.165, 1.54) is 24.1 Å². The number of carbonyl (C=O) groups excluding carboxylic acids is 1. The maximum absolute atomic E-state index is 12.0. The van der Waals surface area contributed by atoms with Gasteiger partial charge in [0.2, 0.25) is 5.88 Å². The van der Waals surface area contributed by atoms with Gasteiger partial charge in [-0.1, -0.05) is 0 Å². The highest BCUT2D eigenvalue weighted by Gasteiger charge is 2.28. The van der Waals surface area contributed by atoms with E-state index >= 15 is 0 Å². The third-order valence-corrected chi connectivity index (χ3v) is 3.28. The Labute approximate surface area is 145 Å². The standard InChI is InChI=1S/C17H19N3O5/c1-17(2,3)19(16(21)24-4)12-5-8-14(9-6-12)25-15-10-7-13(11-18-15)20(22)23/h5-11H,1-4H3. The molecule has 1 amide bonds. The summed E-state index contributed by atoms with van der Waals surface area (Å²) in [6.07, 6.45) is 0.667. The number of methoxy groups -OCH3 is 1. The molecule has 8 nitrogen and oxygen atoms in total. The van der Waals surface area contributed by atoms with Crippen molar-refractivity contribution in [2.75, 3.05) is 12.0 Å². The van der Waals surface area contributed by atoms with E-state index in [1.54, 1.807) is 24.3 Å². The van der Waals surface area contributed by atoms with Crippen molar-refractivity contribution in [1.82, 2.24) is 4.98 Å². The lowest BCUT2D eigenvalue weighted by Gasteiger charge is -2.34. The summed E-state index contributed by atoms with van der Waals surface area (Å²) in [5.41, 5.74) is 0.0833. The number of aromatic nitrogens is 1. The molecule has 2 aromatic rings. The van der Waals surface area contributed by atoms with Crippen molar-refractivity contribution < 1.29 is 19.2 Å². The highest BCUT2D eigenvalue weighted by molar-refractivity contribution is 5.89. The van der Waals surface area contributed by atoms with Crippen molar-refractivity contribution in [3.05, 3.63) is 52.7 Å². The van der Waals surface area contributed by atoms with E-state index in [4.69, 9.17) is 9.47 Å². The first-order valence-electron chi connectivity index (χ1n) is 7.49. The Kier molecular flexibility index (Phi) is 5.21. The first-order chi connectivity index (χ1) is 11.7. The summed E-state index contributed by atoms with van der Waals surface area (Å²) in [7, 11) is 1.33. The normalized spacial score (nSPS) is 10.9. The van der Waals surface area contributed by atoms with Gasteiger partial charge in [-0.25, -0.2) is 9.78 Å². The van der Waals surface area contributed by atoms with Gasteiger partial charge in [-0.2, -0.15) is 0 Å². The van der Waals surface area contributed by atoms with E-state index in [9.17, 15) is 14.9 Å². The summed E-state index contributed by atoms with van der Waals surface area (Å²) in [4.78, 5) is 27.5. The van der Waals surface area contributed by atoms with Gasteiger partial charge in [0.25, 0.3) is 5.69 Å². The van der Waals surface area contributed by atoms with Crippen LogP contribution in [0.15, 0.2) is 42.6 Å². The average molecular weight is 345 g/mol. The molecule has 8 heteroatoms. The van der Waals surface area contributed by atoms with Crippen molar-refractivity contribution in [2.24, 2.45) is 0 Å². The van der Waals surface area contributed by atoms with Crippen molar-refractivity contribution in [3.8, 4) is 11.6 Å². The lowest BCUT2D eigenvalue weighted by Crippen LogP contribution is -2.45. The molecule has 1 aromatic heterocycles. The van der Waals surface area contributed by atoms with Crippen LogP contribution in [0.5, 0.6) is 11.6 Å². The van der Waals surface area contributed by atoms with Gasteiger partial charge in [0.15, 0.2) is 0 Å². The molecule has 0 radical (unpaired) electrons. The number of hydrogen-bond acceptors (Lipinski definition) is 6. The van der Waals surface area contributed by atoms with Crippen LogP contribution in [0.25, 0.3) is 0 Å². The van der Waals surface area contributed by atoms with Gasteiger partial charge in [-0.15, -0.1) is 0 Å². The minimum absolute atomic E-state index is 0.110. The number of amides is 1. The Bertz CT molecular complexity index is 751. The van der Waals surface area contributed by atoms with E-state index in [1.807, 2.05) is 20.8 Å². The number of ether oxygens (including phenoxy) is 2. The van der Waals surface area contributed by atoms with Gasteiger partial charge in [-0.05, 0) is 45.0 Å². The van der Waals surface area contributed by atoms with Gasteiger partial charge in [-0.3, -0.25) is 15.0 Å². The molecule has 0 aliphatic heterocycles. The number of hydrogen-bond donors (Lipinski definition) is 0. The largest absolute Gasteiger partial charge is 0.452 e. The van der Waals surface area contributed by atoms with Crippen LogP contribution in [0.4, 0.5) is 16.2 Å². The third-order valence-electron chi connectivity index (χ3n) is 3.28. The summed E-state index contributed by atoms with van der Waals surface area (Å²) in [6, 6.07) is 9.54. The first kappa shape index (κ1) is 18.2. The number of carbonyl (C=O) groups is 1. The second-order valence-corrected chi connectivity index (χ2v) is 6.18. The molecular formula is C17H19N3O5. The second kappa shape index (κ2) is 7.16. The highest BCUT2D eigenvalue weighted by Crippen LogP contribution is 2.28. The third kappa shape index (κ3) is 4.43. The van der Waals surface area contributed by atoms with Gasteiger partial charge in [0.1, 0.15) is 11.9 Å². The molecule has 132 valence electrons. The first-order valence-corrected chi connectivity index (χ1v) is 7.49. The Morgan fingerprint density at radius 1 is 1.16 bits per heavy atom. The van der Waals surface area contributed by atoms with Crippen LogP contribution in [0.1, 0.15) is 20.8 Å². The minimum atomic E-state index is -0.528. The monoisotopic (exact) mass is 345 g/mol. The molecule has 0 spiro atoms. The molecule has 0 saturated carbocycles. The Hall–Kier alpha value is -3.16.